The van der Waals surface area contributed by atoms with Crippen molar-refractivity contribution in [3.05, 3.63) is 48.0 Å². The smallest absolute Gasteiger partial charge is 0.0944 e. The normalized spacial score (nSPS) is 13.2. The Balaban J connectivity index is 0.00000121. The van der Waals surface area contributed by atoms with Crippen molar-refractivity contribution in [1.82, 2.24) is 0 Å². The second-order valence-corrected chi connectivity index (χ2v) is 4.35. The predicted molar refractivity (Wildman–Crippen MR) is 76.5 cm³/mol. The molecule has 1 unspecified atom stereocenters. The summed E-state index contributed by atoms with van der Waals surface area (Å²) in [5.74, 6) is 0.443. The first-order valence-corrected chi connectivity index (χ1v) is 6.60. The van der Waals surface area contributed by atoms with E-state index in [4.69, 9.17) is 11.6 Å². The number of aliphatic hydroxyl groups is 1. The molecule has 0 saturated heterocycles. The maximum Gasteiger partial charge on any atom is 0.0944 e. The van der Waals surface area contributed by atoms with E-state index < -0.39 is 5.60 Å². The van der Waals surface area contributed by atoms with E-state index in [9.17, 15) is 5.11 Å². The first-order valence-electron chi connectivity index (χ1n) is 6.07. The summed E-state index contributed by atoms with van der Waals surface area (Å²) in [7, 11) is 0. The van der Waals surface area contributed by atoms with Crippen molar-refractivity contribution in [1.29, 1.82) is 0 Å². The van der Waals surface area contributed by atoms with E-state index in [-0.39, 0.29) is 0 Å². The van der Waals surface area contributed by atoms with Gasteiger partial charge in [0, 0.05) is 12.3 Å². The van der Waals surface area contributed by atoms with Crippen LogP contribution in [-0.4, -0.2) is 11.0 Å². The minimum absolute atomic E-state index is 0.443. The van der Waals surface area contributed by atoms with Gasteiger partial charge in [-0.05, 0) is 18.9 Å². The Morgan fingerprint density at radius 3 is 2.24 bits per heavy atom. The average molecular weight is 255 g/mol. The zero-order valence-electron chi connectivity index (χ0n) is 11.0. The fourth-order valence-electron chi connectivity index (χ4n) is 1.74. The van der Waals surface area contributed by atoms with Crippen LogP contribution in [0.25, 0.3) is 0 Å². The molecule has 0 radical (unpaired) electrons. The van der Waals surface area contributed by atoms with Crippen LogP contribution in [0.2, 0.25) is 0 Å². The van der Waals surface area contributed by atoms with E-state index in [1.165, 1.54) is 0 Å². The number of benzene rings is 1. The van der Waals surface area contributed by atoms with Crippen molar-refractivity contribution in [3.8, 4) is 0 Å². The van der Waals surface area contributed by atoms with Crippen molar-refractivity contribution < 1.29 is 5.11 Å². The first-order chi connectivity index (χ1) is 8.08. The standard InChI is InChI=1S/C13H17ClO.C2H6/c1-11(2)10-13(15,8-9-14)12-6-4-3-5-7-12;1-2/h3-7,15H,1,8-10H2,2H3;1-2H3. The summed E-state index contributed by atoms with van der Waals surface area (Å²) in [4.78, 5) is 0. The van der Waals surface area contributed by atoms with Gasteiger partial charge < -0.3 is 5.11 Å². The van der Waals surface area contributed by atoms with E-state index in [0.29, 0.717) is 18.7 Å². The molecule has 0 fully saturated rings. The molecule has 0 spiro atoms. The first kappa shape index (κ1) is 16.2. The van der Waals surface area contributed by atoms with Crippen LogP contribution >= 0.6 is 11.6 Å². The van der Waals surface area contributed by atoms with E-state index in [2.05, 4.69) is 6.58 Å². The van der Waals surface area contributed by atoms with Crippen LogP contribution in [0.15, 0.2) is 42.5 Å². The zero-order chi connectivity index (χ0) is 13.3. The van der Waals surface area contributed by atoms with Crippen LogP contribution in [0.3, 0.4) is 0 Å². The minimum Gasteiger partial charge on any atom is -0.385 e. The molecule has 1 nitrogen and oxygen atoms in total. The van der Waals surface area contributed by atoms with Gasteiger partial charge in [0.2, 0.25) is 0 Å². The summed E-state index contributed by atoms with van der Waals surface area (Å²) in [5.41, 5.74) is 1.01. The Morgan fingerprint density at radius 1 is 1.29 bits per heavy atom. The number of halogens is 1. The lowest BCUT2D eigenvalue weighted by molar-refractivity contribution is 0.0338. The molecule has 0 heterocycles. The van der Waals surface area contributed by atoms with Crippen LogP contribution in [0.5, 0.6) is 0 Å². The zero-order valence-corrected chi connectivity index (χ0v) is 11.8. The Bertz CT molecular complexity index is 321. The lowest BCUT2D eigenvalue weighted by Gasteiger charge is -2.28. The quantitative estimate of drug-likeness (QED) is 0.606. The largest absolute Gasteiger partial charge is 0.385 e. The summed E-state index contributed by atoms with van der Waals surface area (Å²) >= 11 is 5.73. The summed E-state index contributed by atoms with van der Waals surface area (Å²) < 4.78 is 0. The van der Waals surface area contributed by atoms with Gasteiger partial charge >= 0.3 is 0 Å². The molecule has 2 heteroatoms. The van der Waals surface area contributed by atoms with Gasteiger partial charge in [0.1, 0.15) is 0 Å². The molecule has 0 amide bonds. The van der Waals surface area contributed by atoms with Crippen LogP contribution < -0.4 is 0 Å². The van der Waals surface area contributed by atoms with E-state index in [0.717, 1.165) is 11.1 Å². The molecular formula is C15H23ClO. The molecule has 0 aliphatic heterocycles. The monoisotopic (exact) mass is 254 g/mol. The number of rotatable bonds is 5. The van der Waals surface area contributed by atoms with Crippen LogP contribution in [0.1, 0.15) is 39.2 Å². The third kappa shape index (κ3) is 5.38. The second-order valence-electron chi connectivity index (χ2n) is 3.97. The van der Waals surface area contributed by atoms with E-state index >= 15 is 0 Å². The molecule has 1 N–H and O–H groups in total. The minimum atomic E-state index is -0.866. The topological polar surface area (TPSA) is 20.2 Å². The molecule has 0 aliphatic rings. The van der Waals surface area contributed by atoms with Crippen LogP contribution in [0, 0.1) is 0 Å². The van der Waals surface area contributed by atoms with Crippen molar-refractivity contribution >= 4 is 11.6 Å². The highest BCUT2D eigenvalue weighted by atomic mass is 35.5. The molecule has 96 valence electrons. The van der Waals surface area contributed by atoms with Crippen molar-refractivity contribution in [2.24, 2.45) is 0 Å². The third-order valence-electron chi connectivity index (χ3n) is 2.41. The lowest BCUT2D eigenvalue weighted by atomic mass is 9.85. The van der Waals surface area contributed by atoms with Gasteiger partial charge in [0.05, 0.1) is 5.60 Å². The number of hydrogen-bond acceptors (Lipinski definition) is 1. The fraction of sp³-hybridized carbons (Fsp3) is 0.467. The highest BCUT2D eigenvalue weighted by Crippen LogP contribution is 2.31. The van der Waals surface area contributed by atoms with Crippen molar-refractivity contribution in [2.45, 2.75) is 39.2 Å². The summed E-state index contributed by atoms with van der Waals surface area (Å²) in [5, 5.41) is 10.5. The van der Waals surface area contributed by atoms with Gasteiger partial charge in [-0.25, -0.2) is 0 Å². The summed E-state index contributed by atoms with van der Waals surface area (Å²) in [6.45, 7) is 9.76. The van der Waals surface area contributed by atoms with Gasteiger partial charge in [-0.2, -0.15) is 0 Å². The van der Waals surface area contributed by atoms with Crippen LogP contribution in [0.4, 0.5) is 0 Å². The second kappa shape index (κ2) is 8.32. The highest BCUT2D eigenvalue weighted by Gasteiger charge is 2.28. The Kier molecular flexibility index (Phi) is 7.94. The van der Waals surface area contributed by atoms with E-state index in [1.54, 1.807) is 0 Å². The van der Waals surface area contributed by atoms with Gasteiger partial charge in [-0.15, -0.1) is 18.2 Å². The molecule has 0 aromatic heterocycles. The fourth-order valence-corrected chi connectivity index (χ4v) is 2.05. The number of hydrogen-bond donors (Lipinski definition) is 1. The molecule has 1 aromatic carbocycles. The molecule has 1 rings (SSSR count). The predicted octanol–water partition coefficient (Wildman–Crippen LogP) is 4.50. The van der Waals surface area contributed by atoms with Gasteiger partial charge in [0.15, 0.2) is 0 Å². The highest BCUT2D eigenvalue weighted by molar-refractivity contribution is 6.17. The van der Waals surface area contributed by atoms with Gasteiger partial charge in [-0.1, -0.05) is 49.8 Å². The third-order valence-corrected chi connectivity index (χ3v) is 2.60. The molecule has 0 saturated carbocycles. The van der Waals surface area contributed by atoms with Gasteiger partial charge in [-0.3, -0.25) is 0 Å². The lowest BCUT2D eigenvalue weighted by Crippen LogP contribution is -2.26. The molecule has 1 atom stereocenters. The number of alkyl halides is 1. The Hall–Kier alpha value is -0.790. The molecular weight excluding hydrogens is 232 g/mol. The summed E-state index contributed by atoms with van der Waals surface area (Å²) in [6.07, 6.45) is 1.11. The maximum atomic E-state index is 10.5. The van der Waals surface area contributed by atoms with Crippen molar-refractivity contribution in [2.75, 3.05) is 5.88 Å². The molecule has 17 heavy (non-hydrogen) atoms. The van der Waals surface area contributed by atoms with Crippen LogP contribution in [-0.2, 0) is 5.60 Å². The van der Waals surface area contributed by atoms with Crippen molar-refractivity contribution in [3.63, 3.8) is 0 Å². The maximum absolute atomic E-state index is 10.5. The van der Waals surface area contributed by atoms with Gasteiger partial charge in [0.25, 0.3) is 0 Å². The SMILES string of the molecule is C=C(C)CC(O)(CCCl)c1ccccc1.CC. The summed E-state index contributed by atoms with van der Waals surface area (Å²) in [6, 6.07) is 9.64. The Labute approximate surface area is 110 Å². The van der Waals surface area contributed by atoms with E-state index in [1.807, 2.05) is 51.1 Å². The average Bonchev–Trinajstić information content (AvgIpc) is 2.32. The molecule has 0 bridgehead atoms. The Morgan fingerprint density at radius 2 is 1.82 bits per heavy atom. The molecule has 0 aliphatic carbocycles. The molecule has 1 aromatic rings.